The summed E-state index contributed by atoms with van der Waals surface area (Å²) < 4.78 is 1.82. The van der Waals surface area contributed by atoms with Gasteiger partial charge >= 0.3 is 0 Å². The zero-order valence-corrected chi connectivity index (χ0v) is 10.2. The van der Waals surface area contributed by atoms with Gasteiger partial charge in [0.15, 0.2) is 5.82 Å². The molecule has 0 aliphatic rings. The summed E-state index contributed by atoms with van der Waals surface area (Å²) in [5.41, 5.74) is 6.71. The first-order chi connectivity index (χ1) is 8.68. The molecule has 4 N–H and O–H groups in total. The van der Waals surface area contributed by atoms with Crippen LogP contribution in [0.5, 0.6) is 0 Å². The smallest absolute Gasteiger partial charge is 0.256 e. The van der Waals surface area contributed by atoms with Crippen LogP contribution in [0, 0.1) is 6.92 Å². The summed E-state index contributed by atoms with van der Waals surface area (Å²) in [7, 11) is 0. The first-order valence-electron chi connectivity index (χ1n) is 5.74. The van der Waals surface area contributed by atoms with E-state index in [2.05, 4.69) is 20.6 Å². The average Bonchev–Trinajstić information content (AvgIpc) is 2.95. The Bertz CT molecular complexity index is 496. The molecule has 18 heavy (non-hydrogen) atoms. The molecule has 0 saturated carbocycles. The van der Waals surface area contributed by atoms with Crippen molar-refractivity contribution in [2.45, 2.75) is 19.9 Å². The van der Waals surface area contributed by atoms with Gasteiger partial charge in [-0.05, 0) is 19.4 Å². The molecule has 0 unspecified atom stereocenters. The van der Waals surface area contributed by atoms with Crippen molar-refractivity contribution in [2.75, 3.05) is 12.3 Å². The molecule has 2 aromatic rings. The Balaban J connectivity index is 1.79. The van der Waals surface area contributed by atoms with Gasteiger partial charge in [-0.3, -0.25) is 14.6 Å². The number of carbonyl (C=O) groups is 1. The maximum atomic E-state index is 11.8. The van der Waals surface area contributed by atoms with Crippen molar-refractivity contribution in [2.24, 2.45) is 0 Å². The number of amides is 1. The summed E-state index contributed by atoms with van der Waals surface area (Å²) in [6.07, 6.45) is 4.43. The number of aromatic amines is 1. The maximum Gasteiger partial charge on any atom is 0.256 e. The van der Waals surface area contributed by atoms with Crippen LogP contribution in [0.1, 0.15) is 22.5 Å². The number of H-pyrrole nitrogens is 1. The van der Waals surface area contributed by atoms with Crippen LogP contribution in [0.3, 0.4) is 0 Å². The van der Waals surface area contributed by atoms with Crippen molar-refractivity contribution >= 4 is 11.7 Å². The highest BCUT2D eigenvalue weighted by atomic mass is 16.1. The largest absolute Gasteiger partial charge is 0.382 e. The molecule has 1 amide bonds. The number of aromatic nitrogens is 4. The van der Waals surface area contributed by atoms with Crippen molar-refractivity contribution in [1.29, 1.82) is 0 Å². The fraction of sp³-hybridized carbons (Fsp3) is 0.364. The minimum Gasteiger partial charge on any atom is -0.382 e. The third-order valence-corrected chi connectivity index (χ3v) is 2.61. The van der Waals surface area contributed by atoms with E-state index >= 15 is 0 Å². The number of nitrogen functional groups attached to an aromatic ring is 1. The van der Waals surface area contributed by atoms with Crippen LogP contribution in [-0.4, -0.2) is 32.4 Å². The number of nitrogens with one attached hydrogen (secondary N) is 2. The quantitative estimate of drug-likeness (QED) is 0.663. The number of aryl methyl sites for hydroxylation is 2. The number of nitrogens with zero attached hydrogens (tertiary/aromatic N) is 3. The van der Waals surface area contributed by atoms with Gasteiger partial charge in [0, 0.05) is 31.2 Å². The standard InChI is InChI=1S/C11H16N6O/c1-8-9(10(12)16-15-8)11(18)13-4-2-6-17-7-3-5-14-17/h3,5,7H,2,4,6H2,1H3,(H,13,18)(H3,12,15,16). The van der Waals surface area contributed by atoms with Gasteiger partial charge in [0.2, 0.25) is 0 Å². The molecule has 0 radical (unpaired) electrons. The highest BCUT2D eigenvalue weighted by Gasteiger charge is 2.15. The minimum absolute atomic E-state index is 0.195. The normalized spacial score (nSPS) is 10.5. The highest BCUT2D eigenvalue weighted by Crippen LogP contribution is 2.11. The Morgan fingerprint density at radius 1 is 1.61 bits per heavy atom. The summed E-state index contributed by atoms with van der Waals surface area (Å²) >= 11 is 0. The van der Waals surface area contributed by atoms with Crippen LogP contribution < -0.4 is 11.1 Å². The molecule has 0 bridgehead atoms. The number of rotatable bonds is 5. The lowest BCUT2D eigenvalue weighted by Gasteiger charge is -2.05. The van der Waals surface area contributed by atoms with Crippen molar-refractivity contribution in [3.05, 3.63) is 29.7 Å². The zero-order chi connectivity index (χ0) is 13.0. The molecule has 0 fully saturated rings. The number of hydrogen-bond acceptors (Lipinski definition) is 4. The second-order valence-corrected chi connectivity index (χ2v) is 3.99. The van der Waals surface area contributed by atoms with Crippen LogP contribution in [0.4, 0.5) is 5.82 Å². The second-order valence-electron chi connectivity index (χ2n) is 3.99. The van der Waals surface area contributed by atoms with Gasteiger partial charge in [0.25, 0.3) is 5.91 Å². The molecular formula is C11H16N6O. The SMILES string of the molecule is Cc1[nH]nc(N)c1C(=O)NCCCn1cccn1. The molecule has 96 valence electrons. The Morgan fingerprint density at radius 2 is 2.44 bits per heavy atom. The Labute approximate surface area is 104 Å². The molecule has 0 saturated heterocycles. The summed E-state index contributed by atoms with van der Waals surface area (Å²) in [4.78, 5) is 11.8. The summed E-state index contributed by atoms with van der Waals surface area (Å²) in [5.74, 6) is 0.0382. The second kappa shape index (κ2) is 5.35. The highest BCUT2D eigenvalue weighted by molar-refractivity contribution is 5.99. The van der Waals surface area contributed by atoms with Gasteiger partial charge in [-0.25, -0.2) is 0 Å². The third-order valence-electron chi connectivity index (χ3n) is 2.61. The fourth-order valence-corrected chi connectivity index (χ4v) is 1.70. The van der Waals surface area contributed by atoms with Crippen molar-refractivity contribution < 1.29 is 4.79 Å². The predicted molar refractivity (Wildman–Crippen MR) is 66.9 cm³/mol. The van der Waals surface area contributed by atoms with Crippen molar-refractivity contribution in [3.8, 4) is 0 Å². The molecule has 0 spiro atoms. The number of nitrogens with two attached hydrogens (primary N) is 1. The lowest BCUT2D eigenvalue weighted by molar-refractivity contribution is 0.0953. The lowest BCUT2D eigenvalue weighted by atomic mass is 10.2. The van der Waals surface area contributed by atoms with Crippen LogP contribution in [-0.2, 0) is 6.54 Å². The van der Waals surface area contributed by atoms with Gasteiger partial charge in [-0.2, -0.15) is 10.2 Å². The van der Waals surface area contributed by atoms with Crippen LogP contribution >= 0.6 is 0 Å². The van der Waals surface area contributed by atoms with E-state index in [-0.39, 0.29) is 11.7 Å². The van der Waals surface area contributed by atoms with Gasteiger partial charge in [-0.15, -0.1) is 0 Å². The topological polar surface area (TPSA) is 102 Å². The van der Waals surface area contributed by atoms with Crippen LogP contribution in [0.2, 0.25) is 0 Å². The molecule has 0 aliphatic carbocycles. The molecule has 7 nitrogen and oxygen atoms in total. The Kier molecular flexibility index (Phi) is 3.61. The first kappa shape index (κ1) is 12.2. The Hall–Kier alpha value is -2.31. The summed E-state index contributed by atoms with van der Waals surface area (Å²) in [5, 5.41) is 13.4. The molecule has 7 heteroatoms. The predicted octanol–water partition coefficient (Wildman–Crippen LogP) is 0.317. The van der Waals surface area contributed by atoms with Crippen molar-refractivity contribution in [3.63, 3.8) is 0 Å². The van der Waals surface area contributed by atoms with E-state index in [9.17, 15) is 4.79 Å². The number of anilines is 1. The molecule has 0 aliphatic heterocycles. The zero-order valence-electron chi connectivity index (χ0n) is 10.2. The van der Waals surface area contributed by atoms with Gasteiger partial charge in [0.1, 0.15) is 5.56 Å². The monoisotopic (exact) mass is 248 g/mol. The fourth-order valence-electron chi connectivity index (χ4n) is 1.70. The van der Waals surface area contributed by atoms with E-state index < -0.39 is 0 Å². The Morgan fingerprint density at radius 3 is 3.06 bits per heavy atom. The number of carbonyl (C=O) groups excluding carboxylic acids is 1. The first-order valence-corrected chi connectivity index (χ1v) is 5.74. The minimum atomic E-state index is -0.195. The van der Waals surface area contributed by atoms with E-state index in [0.29, 0.717) is 17.8 Å². The van der Waals surface area contributed by atoms with Gasteiger partial charge in [0.05, 0.1) is 0 Å². The summed E-state index contributed by atoms with van der Waals surface area (Å²) in [6.45, 7) is 3.11. The third kappa shape index (κ3) is 2.68. The summed E-state index contributed by atoms with van der Waals surface area (Å²) in [6, 6.07) is 1.87. The molecule has 0 aromatic carbocycles. The lowest BCUT2D eigenvalue weighted by Crippen LogP contribution is -2.26. The van der Waals surface area contributed by atoms with E-state index in [1.54, 1.807) is 13.1 Å². The molecule has 0 atom stereocenters. The van der Waals surface area contributed by atoms with E-state index in [4.69, 9.17) is 5.73 Å². The average molecular weight is 248 g/mol. The van der Waals surface area contributed by atoms with Gasteiger partial charge in [-0.1, -0.05) is 0 Å². The van der Waals surface area contributed by atoms with Crippen LogP contribution in [0.15, 0.2) is 18.5 Å². The van der Waals surface area contributed by atoms with Gasteiger partial charge < -0.3 is 11.1 Å². The van der Waals surface area contributed by atoms with E-state index in [1.807, 2.05) is 16.9 Å². The van der Waals surface area contributed by atoms with E-state index in [1.165, 1.54) is 0 Å². The van der Waals surface area contributed by atoms with Crippen LogP contribution in [0.25, 0.3) is 0 Å². The van der Waals surface area contributed by atoms with Crippen molar-refractivity contribution in [1.82, 2.24) is 25.3 Å². The number of hydrogen-bond donors (Lipinski definition) is 3. The molecular weight excluding hydrogens is 232 g/mol. The maximum absolute atomic E-state index is 11.8. The van der Waals surface area contributed by atoms with E-state index in [0.717, 1.165) is 13.0 Å². The molecule has 2 rings (SSSR count). The molecule has 2 heterocycles. The molecule has 2 aromatic heterocycles.